The molecule has 0 unspecified atom stereocenters. The standard InChI is InChI=1S/C13H8F5NO3/c1-2-22-12(21)7-5-19(13(16,17)18)10-4-9(15)8(14)3-6(10)11(7)20/h3-5H,2H2,1H3. The maximum atomic E-state index is 13.2. The number of nitrogens with zero attached hydrogens (tertiary/aromatic N) is 1. The molecule has 0 fully saturated rings. The summed E-state index contributed by atoms with van der Waals surface area (Å²) >= 11 is 0. The summed E-state index contributed by atoms with van der Waals surface area (Å²) in [5.74, 6) is -4.33. The van der Waals surface area contributed by atoms with Gasteiger partial charge in [0.05, 0.1) is 12.1 Å². The second-order valence-electron chi connectivity index (χ2n) is 4.21. The lowest BCUT2D eigenvalue weighted by molar-refractivity contribution is -0.201. The van der Waals surface area contributed by atoms with Crippen molar-refractivity contribution < 1.29 is 31.5 Å². The number of rotatable bonds is 2. The SMILES string of the molecule is CCOC(=O)c1cn(C(F)(F)F)c2cc(F)c(F)cc2c1=O. The van der Waals surface area contributed by atoms with Crippen LogP contribution in [0.25, 0.3) is 10.9 Å². The molecule has 0 bridgehead atoms. The van der Waals surface area contributed by atoms with E-state index in [9.17, 15) is 31.5 Å². The number of benzene rings is 1. The molecule has 1 aromatic carbocycles. The van der Waals surface area contributed by atoms with Gasteiger partial charge in [-0.3, -0.25) is 9.36 Å². The number of hydrogen-bond acceptors (Lipinski definition) is 3. The van der Waals surface area contributed by atoms with Crippen LogP contribution in [0.5, 0.6) is 0 Å². The van der Waals surface area contributed by atoms with Gasteiger partial charge in [0.15, 0.2) is 11.6 Å². The molecular weight excluding hydrogens is 313 g/mol. The lowest BCUT2D eigenvalue weighted by Gasteiger charge is -2.15. The van der Waals surface area contributed by atoms with E-state index in [1.165, 1.54) is 6.92 Å². The minimum absolute atomic E-state index is 0.167. The molecule has 1 heterocycles. The van der Waals surface area contributed by atoms with E-state index in [4.69, 9.17) is 0 Å². The number of ether oxygens (including phenoxy) is 1. The van der Waals surface area contributed by atoms with Gasteiger partial charge in [0.25, 0.3) is 0 Å². The molecule has 118 valence electrons. The summed E-state index contributed by atoms with van der Waals surface area (Å²) in [5.41, 5.74) is -2.99. The quantitative estimate of drug-likeness (QED) is 0.631. The molecule has 0 aliphatic rings. The van der Waals surface area contributed by atoms with Crippen LogP contribution in [-0.4, -0.2) is 17.1 Å². The number of halogens is 5. The lowest BCUT2D eigenvalue weighted by atomic mass is 10.1. The summed E-state index contributed by atoms with van der Waals surface area (Å²) in [6, 6.07) is 0.562. The van der Waals surface area contributed by atoms with Crippen LogP contribution < -0.4 is 5.43 Å². The molecule has 0 radical (unpaired) electrons. The second-order valence-corrected chi connectivity index (χ2v) is 4.21. The van der Waals surface area contributed by atoms with E-state index in [0.717, 1.165) is 0 Å². The highest BCUT2D eigenvalue weighted by Crippen LogP contribution is 2.28. The fraction of sp³-hybridized carbons (Fsp3) is 0.231. The molecule has 4 nitrogen and oxygen atoms in total. The molecule has 2 rings (SSSR count). The van der Waals surface area contributed by atoms with Gasteiger partial charge in [0, 0.05) is 17.6 Å². The van der Waals surface area contributed by atoms with E-state index in [0.29, 0.717) is 6.07 Å². The largest absolute Gasteiger partial charge is 0.488 e. The predicted molar refractivity (Wildman–Crippen MR) is 65.4 cm³/mol. The summed E-state index contributed by atoms with van der Waals surface area (Å²) in [4.78, 5) is 23.6. The zero-order valence-corrected chi connectivity index (χ0v) is 11.0. The molecule has 0 atom stereocenters. The van der Waals surface area contributed by atoms with Crippen LogP contribution in [0.4, 0.5) is 22.0 Å². The summed E-state index contributed by atoms with van der Waals surface area (Å²) in [6.45, 7) is 1.23. The zero-order chi connectivity index (χ0) is 16.7. The van der Waals surface area contributed by atoms with E-state index in [1.807, 2.05) is 0 Å². The fourth-order valence-electron chi connectivity index (χ4n) is 1.88. The van der Waals surface area contributed by atoms with Crippen LogP contribution in [0, 0.1) is 11.6 Å². The Hall–Kier alpha value is -2.45. The van der Waals surface area contributed by atoms with Crippen LogP contribution in [0.1, 0.15) is 17.3 Å². The van der Waals surface area contributed by atoms with Crippen LogP contribution in [-0.2, 0) is 11.0 Å². The van der Waals surface area contributed by atoms with Crippen LogP contribution in [0.3, 0.4) is 0 Å². The second kappa shape index (κ2) is 5.39. The van der Waals surface area contributed by atoms with E-state index in [-0.39, 0.29) is 18.9 Å². The number of alkyl halides is 3. The Balaban J connectivity index is 2.92. The van der Waals surface area contributed by atoms with Gasteiger partial charge in [-0.05, 0) is 13.0 Å². The normalized spacial score (nSPS) is 11.7. The minimum atomic E-state index is -5.04. The van der Waals surface area contributed by atoms with Crippen LogP contribution in [0.2, 0.25) is 0 Å². The lowest BCUT2D eigenvalue weighted by Crippen LogP contribution is -2.26. The maximum Gasteiger partial charge on any atom is 0.488 e. The molecule has 9 heteroatoms. The Morgan fingerprint density at radius 1 is 1.23 bits per heavy atom. The summed E-state index contributed by atoms with van der Waals surface area (Å²) in [5, 5.41) is -0.776. The first-order valence-electron chi connectivity index (χ1n) is 5.95. The molecule has 0 amide bonds. The third-order valence-electron chi connectivity index (χ3n) is 2.81. The molecule has 0 saturated carbocycles. The van der Waals surface area contributed by atoms with Crippen molar-refractivity contribution in [2.45, 2.75) is 13.2 Å². The highest BCUT2D eigenvalue weighted by Gasteiger charge is 2.34. The van der Waals surface area contributed by atoms with E-state index < -0.39 is 50.4 Å². The average Bonchev–Trinajstić information content (AvgIpc) is 2.40. The molecule has 0 saturated heterocycles. The number of pyridine rings is 1. The van der Waals surface area contributed by atoms with Gasteiger partial charge in [0.2, 0.25) is 5.43 Å². The van der Waals surface area contributed by atoms with Crippen molar-refractivity contribution in [3.05, 3.63) is 45.8 Å². The van der Waals surface area contributed by atoms with Crippen LogP contribution in [0.15, 0.2) is 23.1 Å². The Morgan fingerprint density at radius 2 is 1.82 bits per heavy atom. The Kier molecular flexibility index (Phi) is 3.90. The van der Waals surface area contributed by atoms with Gasteiger partial charge in [0.1, 0.15) is 5.56 Å². The van der Waals surface area contributed by atoms with Crippen molar-refractivity contribution in [1.82, 2.24) is 4.57 Å². The predicted octanol–water partition coefficient (Wildman–Crippen LogP) is 2.93. The molecule has 0 spiro atoms. The van der Waals surface area contributed by atoms with Crippen molar-refractivity contribution in [3.63, 3.8) is 0 Å². The number of esters is 1. The first-order chi connectivity index (χ1) is 10.2. The average molecular weight is 321 g/mol. The van der Waals surface area contributed by atoms with Crippen molar-refractivity contribution in [3.8, 4) is 0 Å². The summed E-state index contributed by atoms with van der Waals surface area (Å²) in [7, 11) is 0. The highest BCUT2D eigenvalue weighted by molar-refractivity contribution is 5.93. The van der Waals surface area contributed by atoms with Crippen molar-refractivity contribution in [2.75, 3.05) is 6.61 Å². The highest BCUT2D eigenvalue weighted by atomic mass is 19.4. The first-order valence-corrected chi connectivity index (χ1v) is 5.95. The minimum Gasteiger partial charge on any atom is -0.462 e. The monoisotopic (exact) mass is 321 g/mol. The topological polar surface area (TPSA) is 48.3 Å². The summed E-state index contributed by atoms with van der Waals surface area (Å²) in [6.07, 6.45) is -4.84. The van der Waals surface area contributed by atoms with Gasteiger partial charge in [-0.25, -0.2) is 13.6 Å². The Bertz CT molecular complexity index is 810. The number of aromatic nitrogens is 1. The van der Waals surface area contributed by atoms with E-state index in [2.05, 4.69) is 4.74 Å². The number of hydrogen-bond donors (Lipinski definition) is 0. The first kappa shape index (κ1) is 15.9. The maximum absolute atomic E-state index is 13.2. The van der Waals surface area contributed by atoms with Crippen molar-refractivity contribution in [1.29, 1.82) is 0 Å². The van der Waals surface area contributed by atoms with E-state index >= 15 is 0 Å². The van der Waals surface area contributed by atoms with Gasteiger partial charge in [-0.1, -0.05) is 0 Å². The number of carbonyl (C=O) groups is 1. The summed E-state index contributed by atoms with van der Waals surface area (Å²) < 4.78 is 69.5. The van der Waals surface area contributed by atoms with Crippen molar-refractivity contribution >= 4 is 16.9 Å². The third-order valence-corrected chi connectivity index (χ3v) is 2.81. The van der Waals surface area contributed by atoms with Gasteiger partial charge < -0.3 is 4.74 Å². The molecule has 0 N–H and O–H groups in total. The third kappa shape index (κ3) is 2.66. The van der Waals surface area contributed by atoms with Gasteiger partial charge in [-0.2, -0.15) is 0 Å². The zero-order valence-electron chi connectivity index (χ0n) is 11.0. The Labute approximate surface area is 119 Å². The van der Waals surface area contributed by atoms with Crippen LogP contribution >= 0.6 is 0 Å². The molecule has 2 aromatic rings. The Morgan fingerprint density at radius 3 is 2.36 bits per heavy atom. The van der Waals surface area contributed by atoms with Gasteiger partial charge >= 0.3 is 12.3 Å². The van der Waals surface area contributed by atoms with Gasteiger partial charge in [-0.15, -0.1) is 13.2 Å². The van der Waals surface area contributed by atoms with E-state index in [1.54, 1.807) is 0 Å². The number of fused-ring (bicyclic) bond motifs is 1. The fourth-order valence-corrected chi connectivity index (χ4v) is 1.88. The molecule has 22 heavy (non-hydrogen) atoms. The smallest absolute Gasteiger partial charge is 0.462 e. The molecular formula is C13H8F5NO3. The molecule has 0 aliphatic carbocycles. The molecule has 1 aromatic heterocycles. The van der Waals surface area contributed by atoms with Crippen molar-refractivity contribution in [2.24, 2.45) is 0 Å². The molecule has 0 aliphatic heterocycles. The number of carbonyl (C=O) groups excluding carboxylic acids is 1.